The molecule has 0 atom stereocenters. The van der Waals surface area contributed by atoms with Gasteiger partial charge in [-0.25, -0.2) is 9.18 Å². The first-order valence-electron chi connectivity index (χ1n) is 8.35. The Balaban J connectivity index is 2.24. The minimum atomic E-state index is -0.744. The lowest BCUT2D eigenvalue weighted by Crippen LogP contribution is -2.41. The van der Waals surface area contributed by atoms with Crippen LogP contribution in [-0.2, 0) is 22.6 Å². The van der Waals surface area contributed by atoms with Crippen LogP contribution < -0.4 is 11.2 Å². The summed E-state index contributed by atoms with van der Waals surface area (Å²) in [5.74, 6) is -1.13. The Morgan fingerprint density at radius 2 is 1.96 bits per heavy atom. The molecule has 9 heteroatoms. The first-order valence-corrected chi connectivity index (χ1v) is 9.80. The summed E-state index contributed by atoms with van der Waals surface area (Å²) in [7, 11) is 0. The molecule has 146 valence electrons. The SMILES string of the molecule is CCOC(=O)Cn1c(=O)n(Cc2cccc(I)c2F)c(=O)c2ccc(Cl)cc21. The van der Waals surface area contributed by atoms with Crippen LogP contribution in [0.4, 0.5) is 4.39 Å². The number of nitrogens with zero attached hydrogens (tertiary/aromatic N) is 2. The summed E-state index contributed by atoms with van der Waals surface area (Å²) in [6, 6.07) is 9.16. The van der Waals surface area contributed by atoms with Crippen molar-refractivity contribution in [2.45, 2.75) is 20.0 Å². The molecule has 0 spiro atoms. The van der Waals surface area contributed by atoms with Gasteiger partial charge in [0.25, 0.3) is 5.56 Å². The van der Waals surface area contributed by atoms with Gasteiger partial charge in [0.05, 0.1) is 24.1 Å². The second-order valence-electron chi connectivity index (χ2n) is 5.94. The summed E-state index contributed by atoms with van der Waals surface area (Å²) >= 11 is 7.85. The van der Waals surface area contributed by atoms with Gasteiger partial charge in [-0.3, -0.25) is 18.7 Å². The topological polar surface area (TPSA) is 70.3 Å². The highest BCUT2D eigenvalue weighted by atomic mass is 127. The summed E-state index contributed by atoms with van der Waals surface area (Å²) in [5, 5.41) is 0.504. The van der Waals surface area contributed by atoms with Crippen LogP contribution in [0.2, 0.25) is 5.02 Å². The van der Waals surface area contributed by atoms with Crippen molar-refractivity contribution in [3.8, 4) is 0 Å². The molecular weight excluding hydrogens is 502 g/mol. The van der Waals surface area contributed by atoms with Crippen molar-refractivity contribution < 1.29 is 13.9 Å². The number of aromatic nitrogens is 2. The van der Waals surface area contributed by atoms with Crippen LogP contribution in [0.5, 0.6) is 0 Å². The maximum absolute atomic E-state index is 14.4. The Kier molecular flexibility index (Phi) is 6.19. The third-order valence-electron chi connectivity index (χ3n) is 4.14. The van der Waals surface area contributed by atoms with Crippen LogP contribution in [0.3, 0.4) is 0 Å². The van der Waals surface area contributed by atoms with Gasteiger partial charge in [0.1, 0.15) is 12.4 Å². The van der Waals surface area contributed by atoms with E-state index in [9.17, 15) is 18.8 Å². The fourth-order valence-corrected chi connectivity index (χ4v) is 3.58. The standard InChI is InChI=1S/C19H15ClFIN2O4/c1-2-28-16(25)10-23-15-8-12(20)6-7-13(15)18(26)24(19(23)27)9-11-4-3-5-14(22)17(11)21/h3-8H,2,9-10H2,1H3. The lowest BCUT2D eigenvalue weighted by atomic mass is 10.2. The number of carbonyl (C=O) groups is 1. The Bertz CT molecular complexity index is 1190. The fourth-order valence-electron chi connectivity index (χ4n) is 2.86. The molecule has 0 aliphatic rings. The van der Waals surface area contributed by atoms with E-state index >= 15 is 0 Å². The fraction of sp³-hybridized carbons (Fsp3) is 0.211. The summed E-state index contributed by atoms with van der Waals surface area (Å²) in [6.45, 7) is 1.15. The number of rotatable bonds is 5. The van der Waals surface area contributed by atoms with E-state index in [1.54, 1.807) is 19.1 Å². The van der Waals surface area contributed by atoms with Crippen molar-refractivity contribution in [3.63, 3.8) is 0 Å². The maximum atomic E-state index is 14.4. The molecule has 0 unspecified atom stereocenters. The van der Waals surface area contributed by atoms with E-state index in [0.717, 1.165) is 9.13 Å². The van der Waals surface area contributed by atoms with E-state index in [2.05, 4.69) is 0 Å². The molecule has 28 heavy (non-hydrogen) atoms. The van der Waals surface area contributed by atoms with Crippen LogP contribution in [0.25, 0.3) is 10.9 Å². The second-order valence-corrected chi connectivity index (χ2v) is 7.54. The highest BCUT2D eigenvalue weighted by molar-refractivity contribution is 14.1. The van der Waals surface area contributed by atoms with Gasteiger partial charge in [-0.2, -0.15) is 0 Å². The number of halogens is 3. The van der Waals surface area contributed by atoms with Gasteiger partial charge in [-0.15, -0.1) is 0 Å². The maximum Gasteiger partial charge on any atom is 0.332 e. The molecule has 6 nitrogen and oxygen atoms in total. The normalized spacial score (nSPS) is 11.0. The summed E-state index contributed by atoms with van der Waals surface area (Å²) < 4.78 is 21.7. The molecule has 0 aliphatic heterocycles. The zero-order valence-electron chi connectivity index (χ0n) is 14.7. The smallest absolute Gasteiger partial charge is 0.332 e. The average Bonchev–Trinajstić information content (AvgIpc) is 2.65. The van der Waals surface area contributed by atoms with Gasteiger partial charge in [0.15, 0.2) is 0 Å². The van der Waals surface area contributed by atoms with Crippen LogP contribution in [0.1, 0.15) is 12.5 Å². The molecule has 0 aliphatic carbocycles. The Morgan fingerprint density at radius 3 is 2.68 bits per heavy atom. The lowest BCUT2D eigenvalue weighted by Gasteiger charge is -2.14. The Morgan fingerprint density at radius 1 is 1.21 bits per heavy atom. The molecule has 3 aromatic rings. The Labute approximate surface area is 177 Å². The average molecular weight is 517 g/mol. The largest absolute Gasteiger partial charge is 0.465 e. The Hall–Kier alpha value is -2.20. The molecule has 0 amide bonds. The first-order chi connectivity index (χ1) is 13.3. The van der Waals surface area contributed by atoms with Gasteiger partial charge < -0.3 is 4.74 Å². The van der Waals surface area contributed by atoms with E-state index in [1.807, 2.05) is 22.6 Å². The molecular formula is C19H15ClFIN2O4. The van der Waals surface area contributed by atoms with Crippen LogP contribution in [-0.4, -0.2) is 21.7 Å². The summed E-state index contributed by atoms with van der Waals surface area (Å²) in [6.07, 6.45) is 0. The molecule has 0 N–H and O–H groups in total. The molecule has 1 aromatic heterocycles. The summed E-state index contributed by atoms with van der Waals surface area (Å²) in [4.78, 5) is 37.9. The highest BCUT2D eigenvalue weighted by Gasteiger charge is 2.18. The van der Waals surface area contributed by atoms with Gasteiger partial charge >= 0.3 is 11.7 Å². The highest BCUT2D eigenvalue weighted by Crippen LogP contribution is 2.18. The predicted octanol–water partition coefficient (Wildman–Crippen LogP) is 3.17. The van der Waals surface area contributed by atoms with E-state index in [-0.39, 0.29) is 29.6 Å². The number of fused-ring (bicyclic) bond motifs is 1. The van der Waals surface area contributed by atoms with Gasteiger partial charge in [0.2, 0.25) is 0 Å². The van der Waals surface area contributed by atoms with Crippen molar-refractivity contribution in [2.75, 3.05) is 6.61 Å². The zero-order chi connectivity index (χ0) is 20.4. The van der Waals surface area contributed by atoms with Crippen molar-refractivity contribution in [1.29, 1.82) is 0 Å². The van der Waals surface area contributed by atoms with Gasteiger partial charge in [-0.1, -0.05) is 23.7 Å². The molecule has 3 rings (SSSR count). The van der Waals surface area contributed by atoms with Crippen molar-refractivity contribution in [3.05, 3.63) is 77.2 Å². The molecule has 2 aromatic carbocycles. The molecule has 0 saturated carbocycles. The third kappa shape index (κ3) is 3.97. The van der Waals surface area contributed by atoms with Crippen LogP contribution in [0, 0.1) is 9.39 Å². The number of ether oxygens (including phenoxy) is 1. The predicted molar refractivity (Wildman–Crippen MR) is 112 cm³/mol. The number of esters is 1. The number of hydrogen-bond acceptors (Lipinski definition) is 4. The van der Waals surface area contributed by atoms with Crippen LogP contribution >= 0.6 is 34.2 Å². The summed E-state index contributed by atoms with van der Waals surface area (Å²) in [5.41, 5.74) is -0.918. The van der Waals surface area contributed by atoms with E-state index in [0.29, 0.717) is 8.59 Å². The zero-order valence-corrected chi connectivity index (χ0v) is 17.7. The minimum absolute atomic E-state index is 0.152. The minimum Gasteiger partial charge on any atom is -0.465 e. The van der Waals surface area contributed by atoms with Crippen LogP contribution in [0.15, 0.2) is 46.0 Å². The molecule has 0 bridgehead atoms. The molecule has 0 fully saturated rings. The molecule has 1 heterocycles. The number of hydrogen-bond donors (Lipinski definition) is 0. The monoisotopic (exact) mass is 516 g/mol. The number of benzene rings is 2. The quantitative estimate of drug-likeness (QED) is 0.386. The number of carbonyl (C=O) groups excluding carboxylic acids is 1. The second kappa shape index (κ2) is 8.44. The van der Waals surface area contributed by atoms with E-state index < -0.39 is 29.6 Å². The third-order valence-corrected chi connectivity index (χ3v) is 5.21. The van der Waals surface area contributed by atoms with Crippen molar-refractivity contribution >= 4 is 51.1 Å². The molecule has 0 saturated heterocycles. The van der Waals surface area contributed by atoms with Crippen molar-refractivity contribution in [2.24, 2.45) is 0 Å². The van der Waals surface area contributed by atoms with Crippen molar-refractivity contribution in [1.82, 2.24) is 9.13 Å². The lowest BCUT2D eigenvalue weighted by molar-refractivity contribution is -0.143. The van der Waals surface area contributed by atoms with Gasteiger partial charge in [0, 0.05) is 14.2 Å². The molecule has 0 radical (unpaired) electrons. The first kappa shape index (κ1) is 20.5. The van der Waals surface area contributed by atoms with E-state index in [4.69, 9.17) is 16.3 Å². The van der Waals surface area contributed by atoms with Gasteiger partial charge in [-0.05, 0) is 53.8 Å². The van der Waals surface area contributed by atoms with E-state index in [1.165, 1.54) is 24.3 Å².